The second-order valence-electron chi connectivity index (χ2n) is 3.78. The molecular formula is C12H13ClN2O2S. The number of rotatable bonds is 5. The molecule has 0 aliphatic carbocycles. The molecule has 0 aliphatic heterocycles. The van der Waals surface area contributed by atoms with Gasteiger partial charge in [-0.1, -0.05) is 17.7 Å². The number of nitrogens with one attached hydrogen (secondary N) is 1. The molecule has 0 atom stereocenters. The average molecular weight is 285 g/mol. The zero-order valence-corrected chi connectivity index (χ0v) is 11.2. The molecule has 0 fully saturated rings. The van der Waals surface area contributed by atoms with Gasteiger partial charge in [0.2, 0.25) is 10.0 Å². The zero-order valence-electron chi connectivity index (χ0n) is 9.58. The van der Waals surface area contributed by atoms with Crippen molar-refractivity contribution in [1.29, 1.82) is 0 Å². The summed E-state index contributed by atoms with van der Waals surface area (Å²) in [5.41, 5.74) is 0. The Morgan fingerprint density at radius 3 is 2.56 bits per heavy atom. The lowest BCUT2D eigenvalue weighted by Gasteiger charge is -2.07. The van der Waals surface area contributed by atoms with E-state index in [1.807, 2.05) is 29.1 Å². The largest absolute Gasteiger partial charge is 0.353 e. The van der Waals surface area contributed by atoms with Crippen molar-refractivity contribution in [2.45, 2.75) is 11.4 Å². The third-order valence-electron chi connectivity index (χ3n) is 2.43. The molecule has 1 N–H and O–H groups in total. The van der Waals surface area contributed by atoms with Gasteiger partial charge in [-0.25, -0.2) is 13.1 Å². The number of hydrogen-bond acceptors (Lipinski definition) is 2. The predicted octanol–water partition coefficient (Wildman–Crippen LogP) is 2.12. The Morgan fingerprint density at radius 2 is 1.89 bits per heavy atom. The topological polar surface area (TPSA) is 51.1 Å². The average Bonchev–Trinajstić information content (AvgIpc) is 2.82. The summed E-state index contributed by atoms with van der Waals surface area (Å²) >= 11 is 5.77. The van der Waals surface area contributed by atoms with Crippen LogP contribution in [0.3, 0.4) is 0 Å². The highest BCUT2D eigenvalue weighted by Gasteiger charge is 2.13. The van der Waals surface area contributed by atoms with Crippen LogP contribution in [0, 0.1) is 0 Å². The van der Waals surface area contributed by atoms with Crippen LogP contribution in [0.2, 0.25) is 5.02 Å². The van der Waals surface area contributed by atoms with Gasteiger partial charge in [-0.15, -0.1) is 0 Å². The molecule has 0 amide bonds. The van der Waals surface area contributed by atoms with Crippen molar-refractivity contribution < 1.29 is 8.42 Å². The minimum absolute atomic E-state index is 0.183. The summed E-state index contributed by atoms with van der Waals surface area (Å²) in [6.07, 6.45) is 3.77. The summed E-state index contributed by atoms with van der Waals surface area (Å²) in [5, 5.41) is 0.406. The Kier molecular flexibility index (Phi) is 4.06. The van der Waals surface area contributed by atoms with Crippen molar-refractivity contribution in [2.24, 2.45) is 0 Å². The highest BCUT2D eigenvalue weighted by molar-refractivity contribution is 7.89. The van der Waals surface area contributed by atoms with E-state index in [2.05, 4.69) is 4.72 Å². The summed E-state index contributed by atoms with van der Waals surface area (Å²) in [5.74, 6) is 0. The molecule has 2 aromatic rings. The fourth-order valence-electron chi connectivity index (χ4n) is 1.55. The third-order valence-corrected chi connectivity index (χ3v) is 4.13. The van der Waals surface area contributed by atoms with Gasteiger partial charge in [0, 0.05) is 30.5 Å². The summed E-state index contributed by atoms with van der Waals surface area (Å²) in [4.78, 5) is 0.183. The summed E-state index contributed by atoms with van der Waals surface area (Å²) in [6, 6.07) is 9.99. The Bertz CT molecular complexity index is 609. The van der Waals surface area contributed by atoms with Crippen LogP contribution in [0.4, 0.5) is 0 Å². The fraction of sp³-hybridized carbons (Fsp3) is 0.167. The Hall–Kier alpha value is -1.30. The minimum atomic E-state index is -3.48. The maximum atomic E-state index is 11.9. The number of benzene rings is 1. The van der Waals surface area contributed by atoms with Crippen molar-refractivity contribution >= 4 is 21.6 Å². The number of sulfonamides is 1. The number of aromatic nitrogens is 1. The van der Waals surface area contributed by atoms with Crippen molar-refractivity contribution in [3.63, 3.8) is 0 Å². The normalized spacial score (nSPS) is 11.6. The molecule has 6 heteroatoms. The Labute approximate surface area is 111 Å². The highest BCUT2D eigenvalue weighted by Crippen LogP contribution is 2.14. The van der Waals surface area contributed by atoms with Crippen molar-refractivity contribution in [1.82, 2.24) is 9.29 Å². The van der Waals surface area contributed by atoms with Crippen LogP contribution >= 0.6 is 11.6 Å². The highest BCUT2D eigenvalue weighted by atomic mass is 35.5. The van der Waals surface area contributed by atoms with Gasteiger partial charge < -0.3 is 4.57 Å². The summed E-state index contributed by atoms with van der Waals surface area (Å²) < 4.78 is 28.3. The lowest BCUT2D eigenvalue weighted by Crippen LogP contribution is -2.27. The monoisotopic (exact) mass is 284 g/mol. The maximum Gasteiger partial charge on any atom is 0.240 e. The quantitative estimate of drug-likeness (QED) is 0.914. The van der Waals surface area contributed by atoms with Crippen molar-refractivity contribution in [3.05, 3.63) is 53.8 Å². The number of hydrogen-bond donors (Lipinski definition) is 1. The second-order valence-corrected chi connectivity index (χ2v) is 5.98. The molecule has 2 rings (SSSR count). The first-order chi connectivity index (χ1) is 8.58. The first-order valence-corrected chi connectivity index (χ1v) is 7.30. The van der Waals surface area contributed by atoms with Crippen LogP contribution in [0.25, 0.3) is 0 Å². The minimum Gasteiger partial charge on any atom is -0.353 e. The molecule has 0 aliphatic rings. The Morgan fingerprint density at radius 1 is 1.17 bits per heavy atom. The van der Waals surface area contributed by atoms with E-state index in [1.165, 1.54) is 12.1 Å². The van der Waals surface area contributed by atoms with Crippen molar-refractivity contribution in [2.75, 3.05) is 6.54 Å². The van der Waals surface area contributed by atoms with E-state index in [0.29, 0.717) is 18.1 Å². The van der Waals surface area contributed by atoms with Crippen LogP contribution in [0.5, 0.6) is 0 Å². The van der Waals surface area contributed by atoms with E-state index in [4.69, 9.17) is 11.6 Å². The van der Waals surface area contributed by atoms with E-state index in [1.54, 1.807) is 12.1 Å². The van der Waals surface area contributed by atoms with Gasteiger partial charge >= 0.3 is 0 Å². The van der Waals surface area contributed by atoms with Crippen LogP contribution in [0.15, 0.2) is 53.7 Å². The van der Waals surface area contributed by atoms with Gasteiger partial charge in [0.15, 0.2) is 0 Å². The van der Waals surface area contributed by atoms with Gasteiger partial charge in [0.1, 0.15) is 0 Å². The van der Waals surface area contributed by atoms with Crippen LogP contribution < -0.4 is 4.72 Å². The first kappa shape index (κ1) is 13.1. The third kappa shape index (κ3) is 3.35. The summed E-state index contributed by atoms with van der Waals surface area (Å²) in [6.45, 7) is 0.927. The van der Waals surface area contributed by atoms with E-state index in [9.17, 15) is 8.42 Å². The molecule has 0 unspecified atom stereocenters. The van der Waals surface area contributed by atoms with E-state index < -0.39 is 10.0 Å². The molecule has 0 spiro atoms. The van der Waals surface area contributed by atoms with Crippen LogP contribution in [-0.4, -0.2) is 19.5 Å². The maximum absolute atomic E-state index is 11.9. The SMILES string of the molecule is O=S(=O)(NCCn1cccc1)c1cccc(Cl)c1. The van der Waals surface area contributed by atoms with Gasteiger partial charge in [-0.2, -0.15) is 0 Å². The molecular weight excluding hydrogens is 272 g/mol. The second kappa shape index (κ2) is 5.56. The van der Waals surface area contributed by atoms with Gasteiger partial charge in [0.25, 0.3) is 0 Å². The summed E-state index contributed by atoms with van der Waals surface area (Å²) in [7, 11) is -3.48. The van der Waals surface area contributed by atoms with Crippen molar-refractivity contribution in [3.8, 4) is 0 Å². The number of halogens is 1. The molecule has 18 heavy (non-hydrogen) atoms. The molecule has 4 nitrogen and oxygen atoms in total. The molecule has 1 heterocycles. The first-order valence-electron chi connectivity index (χ1n) is 5.44. The zero-order chi connectivity index (χ0) is 13.0. The molecule has 96 valence electrons. The lowest BCUT2D eigenvalue weighted by atomic mass is 10.4. The van der Waals surface area contributed by atoms with Gasteiger partial charge in [0.05, 0.1) is 4.90 Å². The lowest BCUT2D eigenvalue weighted by molar-refractivity contribution is 0.573. The smallest absolute Gasteiger partial charge is 0.240 e. The number of nitrogens with zero attached hydrogens (tertiary/aromatic N) is 1. The Balaban J connectivity index is 1.99. The molecule has 0 saturated heterocycles. The molecule has 0 saturated carbocycles. The molecule has 0 radical (unpaired) electrons. The van der Waals surface area contributed by atoms with E-state index in [-0.39, 0.29) is 4.90 Å². The molecule has 0 bridgehead atoms. The molecule has 1 aromatic heterocycles. The fourth-order valence-corrected chi connectivity index (χ4v) is 2.87. The van der Waals surface area contributed by atoms with Crippen LogP contribution in [-0.2, 0) is 16.6 Å². The molecule has 1 aromatic carbocycles. The van der Waals surface area contributed by atoms with Gasteiger partial charge in [-0.3, -0.25) is 0 Å². The van der Waals surface area contributed by atoms with E-state index in [0.717, 1.165) is 0 Å². The van der Waals surface area contributed by atoms with E-state index >= 15 is 0 Å². The predicted molar refractivity (Wildman–Crippen MR) is 71.1 cm³/mol. The van der Waals surface area contributed by atoms with Gasteiger partial charge in [-0.05, 0) is 30.3 Å². The standard InChI is InChI=1S/C12H13ClN2O2S/c13-11-4-3-5-12(10-11)18(16,17)14-6-9-15-7-1-2-8-15/h1-5,7-8,10,14H,6,9H2. The van der Waals surface area contributed by atoms with Crippen LogP contribution in [0.1, 0.15) is 0 Å².